The fourth-order valence-corrected chi connectivity index (χ4v) is 2.80. The Kier molecular flexibility index (Phi) is 8.06. The summed E-state index contributed by atoms with van der Waals surface area (Å²) in [4.78, 5) is 11.7. The summed E-state index contributed by atoms with van der Waals surface area (Å²) in [6.07, 6.45) is 11.4. The minimum Gasteiger partial charge on any atom is -0.356 e. The molecule has 3 heteroatoms. The first-order valence-corrected chi connectivity index (χ1v) is 7.74. The van der Waals surface area contributed by atoms with E-state index < -0.39 is 0 Å². The molecule has 0 aromatic heterocycles. The molecular weight excluding hydrogens is 224 g/mol. The molecule has 1 rings (SSSR count). The summed E-state index contributed by atoms with van der Waals surface area (Å²) < 4.78 is 0. The van der Waals surface area contributed by atoms with Crippen molar-refractivity contribution < 1.29 is 4.79 Å². The number of carbonyl (C=O) groups is 1. The van der Waals surface area contributed by atoms with E-state index in [2.05, 4.69) is 12.2 Å². The highest BCUT2D eigenvalue weighted by Crippen LogP contribution is 2.26. The van der Waals surface area contributed by atoms with E-state index in [-0.39, 0.29) is 5.91 Å². The van der Waals surface area contributed by atoms with Gasteiger partial charge in [-0.15, -0.1) is 0 Å². The van der Waals surface area contributed by atoms with E-state index in [0.717, 1.165) is 25.8 Å². The zero-order valence-corrected chi connectivity index (χ0v) is 11.9. The Morgan fingerprint density at radius 3 is 2.83 bits per heavy atom. The number of carbonyl (C=O) groups excluding carboxylic acids is 1. The summed E-state index contributed by atoms with van der Waals surface area (Å²) in [6, 6.07) is 0.376. The van der Waals surface area contributed by atoms with Crippen LogP contribution in [0.4, 0.5) is 0 Å². The van der Waals surface area contributed by atoms with E-state index in [0.29, 0.717) is 18.4 Å². The molecule has 1 saturated carbocycles. The van der Waals surface area contributed by atoms with Crippen LogP contribution in [-0.2, 0) is 4.79 Å². The van der Waals surface area contributed by atoms with Crippen molar-refractivity contribution in [3.8, 4) is 0 Å². The van der Waals surface area contributed by atoms with E-state index in [1.165, 1.54) is 38.5 Å². The molecule has 106 valence electrons. The lowest BCUT2D eigenvalue weighted by molar-refractivity contribution is -0.121. The average molecular weight is 254 g/mol. The summed E-state index contributed by atoms with van der Waals surface area (Å²) in [5.74, 6) is 0.908. The third-order valence-electron chi connectivity index (χ3n) is 3.96. The molecule has 0 heterocycles. The number of hydrogen-bond acceptors (Lipinski definition) is 2. The van der Waals surface area contributed by atoms with Crippen LogP contribution in [0.1, 0.15) is 71.1 Å². The average Bonchev–Trinajstić information content (AvgIpc) is 2.36. The van der Waals surface area contributed by atoms with Crippen molar-refractivity contribution in [2.24, 2.45) is 11.7 Å². The number of rotatable bonds is 8. The molecule has 0 saturated heterocycles. The molecule has 3 N–H and O–H groups in total. The number of nitrogens with two attached hydrogens (primary N) is 1. The SMILES string of the molecule is CCCCCCNC(=O)CCC1CCCC(N)C1. The molecule has 0 aliphatic heterocycles. The van der Waals surface area contributed by atoms with E-state index in [1.807, 2.05) is 0 Å². The molecule has 2 atom stereocenters. The number of unbranched alkanes of at least 4 members (excludes halogenated alkanes) is 3. The van der Waals surface area contributed by atoms with Gasteiger partial charge in [-0.2, -0.15) is 0 Å². The third-order valence-corrected chi connectivity index (χ3v) is 3.96. The van der Waals surface area contributed by atoms with Crippen molar-refractivity contribution in [2.75, 3.05) is 6.54 Å². The fourth-order valence-electron chi connectivity index (χ4n) is 2.80. The lowest BCUT2D eigenvalue weighted by Gasteiger charge is -2.26. The van der Waals surface area contributed by atoms with Gasteiger partial charge in [0.05, 0.1) is 0 Å². The van der Waals surface area contributed by atoms with Gasteiger partial charge >= 0.3 is 0 Å². The van der Waals surface area contributed by atoms with Crippen LogP contribution in [0.25, 0.3) is 0 Å². The minimum absolute atomic E-state index is 0.227. The van der Waals surface area contributed by atoms with Crippen molar-refractivity contribution in [1.29, 1.82) is 0 Å². The Balaban J connectivity index is 1.99. The largest absolute Gasteiger partial charge is 0.356 e. The molecule has 0 radical (unpaired) electrons. The molecule has 2 unspecified atom stereocenters. The Morgan fingerprint density at radius 2 is 2.11 bits per heavy atom. The maximum Gasteiger partial charge on any atom is 0.220 e. The first-order chi connectivity index (χ1) is 8.72. The van der Waals surface area contributed by atoms with Gasteiger partial charge in [0.15, 0.2) is 0 Å². The highest BCUT2D eigenvalue weighted by molar-refractivity contribution is 5.75. The van der Waals surface area contributed by atoms with E-state index >= 15 is 0 Å². The molecule has 1 aliphatic carbocycles. The zero-order chi connectivity index (χ0) is 13.2. The van der Waals surface area contributed by atoms with Gasteiger partial charge in [0, 0.05) is 19.0 Å². The van der Waals surface area contributed by atoms with Gasteiger partial charge in [-0.25, -0.2) is 0 Å². The number of hydrogen-bond donors (Lipinski definition) is 2. The quantitative estimate of drug-likeness (QED) is 0.654. The van der Waals surface area contributed by atoms with Gasteiger partial charge in [0.2, 0.25) is 5.91 Å². The van der Waals surface area contributed by atoms with Crippen LogP contribution < -0.4 is 11.1 Å². The summed E-state index contributed by atoms with van der Waals surface area (Å²) in [5, 5.41) is 3.02. The second kappa shape index (κ2) is 9.37. The van der Waals surface area contributed by atoms with Crippen molar-refractivity contribution in [2.45, 2.75) is 77.2 Å². The van der Waals surface area contributed by atoms with E-state index in [4.69, 9.17) is 5.73 Å². The zero-order valence-electron chi connectivity index (χ0n) is 11.9. The second-order valence-electron chi connectivity index (χ2n) is 5.74. The number of nitrogens with one attached hydrogen (secondary N) is 1. The molecule has 0 aromatic rings. The van der Waals surface area contributed by atoms with Gasteiger partial charge < -0.3 is 11.1 Å². The highest BCUT2D eigenvalue weighted by Gasteiger charge is 2.19. The van der Waals surface area contributed by atoms with Crippen LogP contribution in [0.2, 0.25) is 0 Å². The van der Waals surface area contributed by atoms with Crippen molar-refractivity contribution >= 4 is 5.91 Å². The monoisotopic (exact) mass is 254 g/mol. The predicted molar refractivity (Wildman–Crippen MR) is 76.3 cm³/mol. The van der Waals surface area contributed by atoms with E-state index in [1.54, 1.807) is 0 Å². The van der Waals surface area contributed by atoms with Gasteiger partial charge in [-0.3, -0.25) is 4.79 Å². The number of amides is 1. The second-order valence-corrected chi connectivity index (χ2v) is 5.74. The molecule has 18 heavy (non-hydrogen) atoms. The summed E-state index contributed by atoms with van der Waals surface area (Å²) >= 11 is 0. The minimum atomic E-state index is 0.227. The molecule has 1 fully saturated rings. The molecular formula is C15H30N2O. The lowest BCUT2D eigenvalue weighted by atomic mass is 9.83. The van der Waals surface area contributed by atoms with Crippen molar-refractivity contribution in [3.05, 3.63) is 0 Å². The maximum absolute atomic E-state index is 11.7. The Bertz CT molecular complexity index is 231. The molecule has 1 amide bonds. The van der Waals surface area contributed by atoms with Crippen LogP contribution >= 0.6 is 0 Å². The van der Waals surface area contributed by atoms with E-state index in [9.17, 15) is 4.79 Å². The topological polar surface area (TPSA) is 55.1 Å². The highest BCUT2D eigenvalue weighted by atomic mass is 16.1. The Hall–Kier alpha value is -0.570. The summed E-state index contributed by atoms with van der Waals surface area (Å²) in [7, 11) is 0. The standard InChI is InChI=1S/C15H30N2O/c1-2-3-4-5-11-17-15(18)10-9-13-7-6-8-14(16)12-13/h13-14H,2-12,16H2,1H3,(H,17,18). The van der Waals surface area contributed by atoms with Gasteiger partial charge in [-0.05, 0) is 31.6 Å². The van der Waals surface area contributed by atoms with Gasteiger partial charge in [-0.1, -0.05) is 39.0 Å². The third kappa shape index (κ3) is 7.00. The van der Waals surface area contributed by atoms with Crippen LogP contribution in [0.3, 0.4) is 0 Å². The molecule has 0 aromatic carbocycles. The molecule has 3 nitrogen and oxygen atoms in total. The lowest BCUT2D eigenvalue weighted by Crippen LogP contribution is -2.29. The maximum atomic E-state index is 11.7. The predicted octanol–water partition coefficient (Wildman–Crippen LogP) is 2.98. The molecule has 0 bridgehead atoms. The van der Waals surface area contributed by atoms with Crippen LogP contribution in [0.15, 0.2) is 0 Å². The van der Waals surface area contributed by atoms with Crippen LogP contribution in [-0.4, -0.2) is 18.5 Å². The summed E-state index contributed by atoms with van der Waals surface area (Å²) in [5.41, 5.74) is 5.96. The first-order valence-electron chi connectivity index (χ1n) is 7.74. The fraction of sp³-hybridized carbons (Fsp3) is 0.933. The van der Waals surface area contributed by atoms with Gasteiger partial charge in [0.1, 0.15) is 0 Å². The first kappa shape index (κ1) is 15.5. The smallest absolute Gasteiger partial charge is 0.220 e. The van der Waals surface area contributed by atoms with Crippen molar-refractivity contribution in [1.82, 2.24) is 5.32 Å². The molecule has 1 aliphatic rings. The Morgan fingerprint density at radius 1 is 1.28 bits per heavy atom. The normalized spacial score (nSPS) is 23.9. The van der Waals surface area contributed by atoms with Crippen LogP contribution in [0.5, 0.6) is 0 Å². The summed E-state index contributed by atoms with van der Waals surface area (Å²) in [6.45, 7) is 3.05. The van der Waals surface area contributed by atoms with Crippen molar-refractivity contribution in [3.63, 3.8) is 0 Å². The molecule has 0 spiro atoms. The Labute approximate surface area is 112 Å². The van der Waals surface area contributed by atoms with Gasteiger partial charge in [0.25, 0.3) is 0 Å². The van der Waals surface area contributed by atoms with Crippen LogP contribution in [0, 0.1) is 5.92 Å².